The van der Waals surface area contributed by atoms with Crippen molar-refractivity contribution in [1.29, 1.82) is 5.26 Å². The van der Waals surface area contributed by atoms with Crippen LogP contribution in [0, 0.1) is 17.1 Å². The second kappa shape index (κ2) is 9.01. The number of pyridine rings is 1. The van der Waals surface area contributed by atoms with Crippen molar-refractivity contribution in [2.45, 2.75) is 25.4 Å². The molecule has 0 aliphatic carbocycles. The van der Waals surface area contributed by atoms with Crippen molar-refractivity contribution in [3.63, 3.8) is 0 Å². The lowest BCUT2D eigenvalue weighted by atomic mass is 9.88. The van der Waals surface area contributed by atoms with E-state index in [0.717, 1.165) is 18.4 Å². The molecule has 29 heavy (non-hydrogen) atoms. The third-order valence-corrected chi connectivity index (χ3v) is 4.80. The maximum atomic E-state index is 14.9. The largest absolute Gasteiger partial charge is 0.443 e. The van der Waals surface area contributed by atoms with E-state index in [2.05, 4.69) is 16.0 Å². The van der Waals surface area contributed by atoms with Crippen molar-refractivity contribution in [3.05, 3.63) is 59.0 Å². The number of aromatic nitrogens is 1. The Balaban J connectivity index is 1.65. The number of anilines is 1. The number of carbonyl (C=O) groups is 1. The first-order chi connectivity index (χ1) is 14.0. The van der Waals surface area contributed by atoms with Gasteiger partial charge in [0.1, 0.15) is 6.61 Å². The molecule has 1 saturated heterocycles. The normalized spacial score (nSPS) is 14.1. The Labute approximate surface area is 167 Å². The summed E-state index contributed by atoms with van der Waals surface area (Å²) < 4.78 is 19.7. The number of amides is 1. The van der Waals surface area contributed by atoms with Crippen LogP contribution in [0.25, 0.3) is 0 Å². The summed E-state index contributed by atoms with van der Waals surface area (Å²) in [5.41, 5.74) is 12.2. The SMILES string of the molecule is N#Cc1cccc(C2CCN(c3nccc(COC(=O)N=C(N)N)c3F)CC2)c1. The zero-order chi connectivity index (χ0) is 20.8. The summed E-state index contributed by atoms with van der Waals surface area (Å²) in [7, 11) is 0. The summed E-state index contributed by atoms with van der Waals surface area (Å²) in [5.74, 6) is -0.417. The number of rotatable bonds is 4. The number of carbonyl (C=O) groups excluding carboxylic acids is 1. The van der Waals surface area contributed by atoms with Crippen LogP contribution in [-0.2, 0) is 11.3 Å². The lowest BCUT2D eigenvalue weighted by Gasteiger charge is -2.33. The van der Waals surface area contributed by atoms with Gasteiger partial charge in [0.15, 0.2) is 17.6 Å². The Morgan fingerprint density at radius 2 is 2.10 bits per heavy atom. The molecule has 4 N–H and O–H groups in total. The van der Waals surface area contributed by atoms with Gasteiger partial charge in [-0.15, -0.1) is 4.99 Å². The number of nitrogens with zero attached hydrogens (tertiary/aromatic N) is 4. The summed E-state index contributed by atoms with van der Waals surface area (Å²) in [6.45, 7) is 0.958. The van der Waals surface area contributed by atoms with Gasteiger partial charge in [0.05, 0.1) is 11.6 Å². The Kier molecular flexibility index (Phi) is 6.24. The lowest BCUT2D eigenvalue weighted by molar-refractivity contribution is 0.149. The minimum Gasteiger partial charge on any atom is -0.443 e. The molecule has 0 saturated carbocycles. The van der Waals surface area contributed by atoms with Gasteiger partial charge in [0.25, 0.3) is 0 Å². The highest BCUT2D eigenvalue weighted by Crippen LogP contribution is 2.31. The molecule has 1 amide bonds. The Hall–Kier alpha value is -3.67. The molecule has 0 spiro atoms. The van der Waals surface area contributed by atoms with Gasteiger partial charge >= 0.3 is 6.09 Å². The number of nitriles is 1. The highest BCUT2D eigenvalue weighted by molar-refractivity contribution is 5.87. The lowest BCUT2D eigenvalue weighted by Crippen LogP contribution is -2.34. The fraction of sp³-hybridized carbons (Fsp3) is 0.300. The molecule has 0 unspecified atom stereocenters. The topological polar surface area (TPSA) is 131 Å². The van der Waals surface area contributed by atoms with Crippen LogP contribution in [0.2, 0.25) is 0 Å². The molecule has 8 nitrogen and oxygen atoms in total. The summed E-state index contributed by atoms with van der Waals surface area (Å²) in [6.07, 6.45) is 2.13. The van der Waals surface area contributed by atoms with Gasteiger partial charge in [-0.1, -0.05) is 12.1 Å². The van der Waals surface area contributed by atoms with Gasteiger partial charge in [0.2, 0.25) is 0 Å². The standard InChI is InChI=1S/C20H21FN6O2/c21-17-16(12-29-20(28)26-19(23)24)4-7-25-18(17)27-8-5-14(6-9-27)15-3-1-2-13(10-15)11-22/h1-4,7,10,14H,5-6,8-9,12H2,(H4,23,24,26,28). The fourth-order valence-corrected chi connectivity index (χ4v) is 3.37. The summed E-state index contributed by atoms with van der Waals surface area (Å²) in [5, 5.41) is 9.07. The fourth-order valence-electron chi connectivity index (χ4n) is 3.37. The molecule has 9 heteroatoms. The highest BCUT2D eigenvalue weighted by Gasteiger charge is 2.24. The number of guanidine groups is 1. The number of aliphatic imine (C=N–C) groups is 1. The van der Waals surface area contributed by atoms with Crippen LogP contribution in [0.1, 0.15) is 35.4 Å². The Morgan fingerprint density at radius 1 is 1.34 bits per heavy atom. The zero-order valence-electron chi connectivity index (χ0n) is 15.7. The van der Waals surface area contributed by atoms with Crippen molar-refractivity contribution in [1.82, 2.24) is 4.98 Å². The van der Waals surface area contributed by atoms with Crippen molar-refractivity contribution in [2.24, 2.45) is 16.5 Å². The van der Waals surface area contributed by atoms with Crippen LogP contribution in [0.15, 0.2) is 41.5 Å². The molecule has 0 atom stereocenters. The molecule has 1 aromatic carbocycles. The minimum absolute atomic E-state index is 0.193. The molecule has 1 aliphatic rings. The van der Waals surface area contributed by atoms with Crippen LogP contribution >= 0.6 is 0 Å². The molecule has 1 fully saturated rings. The number of ether oxygens (including phenoxy) is 1. The van der Waals surface area contributed by atoms with Crippen LogP contribution in [-0.4, -0.2) is 30.1 Å². The first-order valence-electron chi connectivity index (χ1n) is 9.12. The smallest absolute Gasteiger partial charge is 0.437 e. The monoisotopic (exact) mass is 396 g/mol. The molecular formula is C20H21FN6O2. The maximum absolute atomic E-state index is 14.9. The number of piperidine rings is 1. The molecule has 0 bridgehead atoms. The first kappa shape index (κ1) is 20.1. The minimum atomic E-state index is -0.983. The van der Waals surface area contributed by atoms with Crippen molar-refractivity contribution in [2.75, 3.05) is 18.0 Å². The predicted molar refractivity (Wildman–Crippen MR) is 106 cm³/mol. The number of benzene rings is 1. The van der Waals surface area contributed by atoms with Gasteiger partial charge in [-0.2, -0.15) is 5.26 Å². The van der Waals surface area contributed by atoms with Gasteiger partial charge < -0.3 is 21.1 Å². The van der Waals surface area contributed by atoms with E-state index in [1.165, 1.54) is 12.3 Å². The van der Waals surface area contributed by atoms with E-state index in [-0.39, 0.29) is 18.0 Å². The zero-order valence-corrected chi connectivity index (χ0v) is 15.7. The van der Waals surface area contributed by atoms with E-state index in [1.807, 2.05) is 23.1 Å². The van der Waals surface area contributed by atoms with E-state index < -0.39 is 17.9 Å². The van der Waals surface area contributed by atoms with E-state index in [0.29, 0.717) is 24.6 Å². The van der Waals surface area contributed by atoms with Crippen LogP contribution in [0.3, 0.4) is 0 Å². The molecule has 1 aromatic heterocycles. The number of hydrogen-bond acceptors (Lipinski definition) is 5. The molecule has 1 aliphatic heterocycles. The predicted octanol–water partition coefficient (Wildman–Crippen LogP) is 2.39. The van der Waals surface area contributed by atoms with Crippen LogP contribution < -0.4 is 16.4 Å². The van der Waals surface area contributed by atoms with Gasteiger partial charge in [-0.05, 0) is 42.5 Å². The number of hydrogen-bond donors (Lipinski definition) is 2. The Bertz CT molecular complexity index is 960. The molecule has 3 rings (SSSR count). The summed E-state index contributed by atoms with van der Waals surface area (Å²) in [6, 6.07) is 11.2. The third-order valence-electron chi connectivity index (χ3n) is 4.80. The summed E-state index contributed by atoms with van der Waals surface area (Å²) in [4.78, 5) is 20.7. The molecule has 150 valence electrons. The van der Waals surface area contributed by atoms with Crippen molar-refractivity contribution < 1.29 is 13.9 Å². The number of nitrogens with two attached hydrogens (primary N) is 2. The summed E-state index contributed by atoms with van der Waals surface area (Å²) >= 11 is 0. The highest BCUT2D eigenvalue weighted by atomic mass is 19.1. The first-order valence-corrected chi connectivity index (χ1v) is 9.12. The van der Waals surface area contributed by atoms with E-state index in [1.54, 1.807) is 6.07 Å². The molecule has 2 heterocycles. The van der Waals surface area contributed by atoms with Crippen LogP contribution in [0.5, 0.6) is 0 Å². The second-order valence-electron chi connectivity index (χ2n) is 6.70. The van der Waals surface area contributed by atoms with Gasteiger partial charge in [-0.3, -0.25) is 0 Å². The molecule has 2 aromatic rings. The van der Waals surface area contributed by atoms with E-state index in [9.17, 15) is 9.18 Å². The second-order valence-corrected chi connectivity index (χ2v) is 6.70. The van der Waals surface area contributed by atoms with Crippen molar-refractivity contribution in [3.8, 4) is 6.07 Å². The quantitative estimate of drug-likeness (QED) is 0.599. The van der Waals surface area contributed by atoms with Gasteiger partial charge in [-0.25, -0.2) is 14.2 Å². The molecule has 0 radical (unpaired) electrons. The third kappa shape index (κ3) is 4.99. The number of halogens is 1. The van der Waals surface area contributed by atoms with E-state index in [4.69, 9.17) is 21.5 Å². The van der Waals surface area contributed by atoms with E-state index >= 15 is 0 Å². The average Bonchev–Trinajstić information content (AvgIpc) is 2.73. The average molecular weight is 396 g/mol. The van der Waals surface area contributed by atoms with Crippen molar-refractivity contribution >= 4 is 17.9 Å². The van der Waals surface area contributed by atoms with Gasteiger partial charge in [0, 0.05) is 24.8 Å². The maximum Gasteiger partial charge on any atom is 0.437 e. The molecular weight excluding hydrogens is 375 g/mol. The van der Waals surface area contributed by atoms with Crippen LogP contribution in [0.4, 0.5) is 15.0 Å². The Morgan fingerprint density at radius 3 is 2.79 bits per heavy atom.